The van der Waals surface area contributed by atoms with Crippen LogP contribution in [0.3, 0.4) is 0 Å². The Balaban J connectivity index is 2.50. The lowest BCUT2D eigenvalue weighted by atomic mass is 9.89. The molecule has 1 aromatic rings. The number of aliphatic hydroxyl groups is 1. The number of halogens is 1. The predicted octanol–water partition coefficient (Wildman–Crippen LogP) is 2.66. The van der Waals surface area contributed by atoms with Gasteiger partial charge in [0.2, 0.25) is 5.91 Å². The maximum atomic E-state index is 11.7. The lowest BCUT2D eigenvalue weighted by molar-refractivity contribution is -0.118. The highest BCUT2D eigenvalue weighted by Gasteiger charge is 2.26. The van der Waals surface area contributed by atoms with Gasteiger partial charge in [0.05, 0.1) is 5.60 Å². The second-order valence-electron chi connectivity index (χ2n) is 5.13. The lowest BCUT2D eigenvalue weighted by Crippen LogP contribution is -2.44. The summed E-state index contributed by atoms with van der Waals surface area (Å²) in [5.41, 5.74) is -0.113. The molecule has 0 radical (unpaired) electrons. The van der Waals surface area contributed by atoms with Gasteiger partial charge < -0.3 is 10.4 Å². The molecule has 5 heteroatoms. The van der Waals surface area contributed by atoms with E-state index in [-0.39, 0.29) is 18.4 Å². The Morgan fingerprint density at radius 3 is 2.85 bits per heavy atom. The monoisotopic (exact) mass is 296 g/mol. The van der Waals surface area contributed by atoms with Gasteiger partial charge in [-0.05, 0) is 30.5 Å². The fraction of sp³-hybridized carbons (Fsp3) is 0.467. The summed E-state index contributed by atoms with van der Waals surface area (Å²) >= 11 is 5.68. The number of carbonyl (C=O) groups excluding carboxylic acids is 1. The van der Waals surface area contributed by atoms with Crippen molar-refractivity contribution in [3.05, 3.63) is 35.1 Å². The standard InChI is InChI=1S/C15H21ClN2O2/c1-4-11(2)15(3,20)10-18-14(19)8-6-12-5-7-13(16)17-9-12/h5-9,11,20H,4,10H2,1-3H3,(H,18,19)/b8-6+. The van der Waals surface area contributed by atoms with Gasteiger partial charge in [-0.2, -0.15) is 0 Å². The third kappa shape index (κ3) is 5.31. The van der Waals surface area contributed by atoms with Crippen LogP contribution in [0.2, 0.25) is 5.15 Å². The molecule has 1 rings (SSSR count). The third-order valence-corrected chi connectivity index (χ3v) is 3.70. The molecule has 0 spiro atoms. The van der Waals surface area contributed by atoms with Crippen LogP contribution in [0.15, 0.2) is 24.4 Å². The molecule has 0 saturated carbocycles. The minimum Gasteiger partial charge on any atom is -0.388 e. The van der Waals surface area contributed by atoms with Crippen molar-refractivity contribution in [3.8, 4) is 0 Å². The number of aromatic nitrogens is 1. The van der Waals surface area contributed by atoms with Crippen LogP contribution in [0.25, 0.3) is 6.08 Å². The largest absolute Gasteiger partial charge is 0.388 e. The van der Waals surface area contributed by atoms with Crippen LogP contribution in [0.5, 0.6) is 0 Å². The van der Waals surface area contributed by atoms with Crippen molar-refractivity contribution in [2.45, 2.75) is 32.8 Å². The SMILES string of the molecule is CCC(C)C(C)(O)CNC(=O)/C=C/c1ccc(Cl)nc1. The van der Waals surface area contributed by atoms with Crippen molar-refractivity contribution >= 4 is 23.6 Å². The molecule has 4 nitrogen and oxygen atoms in total. The topological polar surface area (TPSA) is 62.2 Å². The van der Waals surface area contributed by atoms with Gasteiger partial charge in [-0.3, -0.25) is 4.79 Å². The third-order valence-electron chi connectivity index (χ3n) is 3.47. The average molecular weight is 297 g/mol. The van der Waals surface area contributed by atoms with Crippen molar-refractivity contribution in [1.82, 2.24) is 10.3 Å². The molecule has 0 saturated heterocycles. The molecule has 1 aromatic heterocycles. The van der Waals surface area contributed by atoms with E-state index >= 15 is 0 Å². The molecule has 0 aliphatic rings. The second kappa shape index (κ2) is 7.41. The van der Waals surface area contributed by atoms with Crippen LogP contribution in [0.1, 0.15) is 32.8 Å². The normalized spacial score (nSPS) is 15.8. The molecular formula is C15H21ClN2O2. The highest BCUT2D eigenvalue weighted by Crippen LogP contribution is 2.18. The summed E-state index contributed by atoms with van der Waals surface area (Å²) in [5.74, 6) is -0.129. The van der Waals surface area contributed by atoms with Gasteiger partial charge in [-0.15, -0.1) is 0 Å². The Morgan fingerprint density at radius 1 is 1.60 bits per heavy atom. The molecule has 0 fully saturated rings. The molecule has 0 aliphatic heterocycles. The van der Waals surface area contributed by atoms with E-state index in [0.717, 1.165) is 12.0 Å². The highest BCUT2D eigenvalue weighted by atomic mass is 35.5. The van der Waals surface area contributed by atoms with Crippen molar-refractivity contribution in [3.63, 3.8) is 0 Å². The van der Waals surface area contributed by atoms with E-state index in [1.165, 1.54) is 6.08 Å². The Kier molecular flexibility index (Phi) is 6.17. The zero-order chi connectivity index (χ0) is 15.2. The summed E-state index contributed by atoms with van der Waals surface area (Å²) in [4.78, 5) is 15.6. The quantitative estimate of drug-likeness (QED) is 0.627. The zero-order valence-electron chi connectivity index (χ0n) is 12.1. The fourth-order valence-corrected chi connectivity index (χ4v) is 1.71. The van der Waals surface area contributed by atoms with Crippen molar-refractivity contribution in [2.24, 2.45) is 5.92 Å². The molecular weight excluding hydrogens is 276 g/mol. The van der Waals surface area contributed by atoms with Crippen LogP contribution in [0, 0.1) is 5.92 Å². The van der Waals surface area contributed by atoms with Gasteiger partial charge in [0.25, 0.3) is 0 Å². The van der Waals surface area contributed by atoms with E-state index in [9.17, 15) is 9.90 Å². The van der Waals surface area contributed by atoms with Crippen LogP contribution in [-0.4, -0.2) is 28.1 Å². The number of hydrogen-bond acceptors (Lipinski definition) is 3. The molecule has 2 N–H and O–H groups in total. The lowest BCUT2D eigenvalue weighted by Gasteiger charge is -2.29. The molecule has 1 heterocycles. The molecule has 2 atom stereocenters. The molecule has 110 valence electrons. The first-order valence-electron chi connectivity index (χ1n) is 6.65. The van der Waals surface area contributed by atoms with E-state index < -0.39 is 5.60 Å². The summed E-state index contributed by atoms with van der Waals surface area (Å²) < 4.78 is 0. The molecule has 2 unspecified atom stereocenters. The fourth-order valence-electron chi connectivity index (χ4n) is 1.60. The van der Waals surface area contributed by atoms with Crippen molar-refractivity contribution in [2.75, 3.05) is 6.54 Å². The van der Waals surface area contributed by atoms with Crippen LogP contribution in [-0.2, 0) is 4.79 Å². The minimum absolute atomic E-state index is 0.118. The first-order valence-corrected chi connectivity index (χ1v) is 7.03. The Bertz CT molecular complexity index is 469. The van der Waals surface area contributed by atoms with Gasteiger partial charge in [-0.25, -0.2) is 4.98 Å². The average Bonchev–Trinajstić information content (AvgIpc) is 2.43. The molecule has 0 aliphatic carbocycles. The van der Waals surface area contributed by atoms with Gasteiger partial charge in [-0.1, -0.05) is 37.9 Å². The summed E-state index contributed by atoms with van der Waals surface area (Å²) in [6.45, 7) is 5.92. The maximum absolute atomic E-state index is 11.7. The Labute approximate surface area is 124 Å². The number of amides is 1. The minimum atomic E-state index is -0.903. The number of pyridine rings is 1. The molecule has 20 heavy (non-hydrogen) atoms. The summed E-state index contributed by atoms with van der Waals surface area (Å²) in [6, 6.07) is 3.43. The summed E-state index contributed by atoms with van der Waals surface area (Å²) in [6.07, 6.45) is 5.50. The van der Waals surface area contributed by atoms with E-state index in [4.69, 9.17) is 11.6 Å². The Morgan fingerprint density at radius 2 is 2.30 bits per heavy atom. The van der Waals surface area contributed by atoms with Gasteiger partial charge in [0.15, 0.2) is 0 Å². The van der Waals surface area contributed by atoms with Gasteiger partial charge in [0.1, 0.15) is 5.15 Å². The van der Waals surface area contributed by atoms with Crippen LogP contribution < -0.4 is 5.32 Å². The molecule has 0 aromatic carbocycles. The number of hydrogen-bond donors (Lipinski definition) is 2. The summed E-state index contributed by atoms with van der Waals surface area (Å²) in [7, 11) is 0. The van der Waals surface area contributed by atoms with Crippen molar-refractivity contribution < 1.29 is 9.90 Å². The number of carbonyl (C=O) groups is 1. The number of rotatable bonds is 6. The van der Waals surface area contributed by atoms with E-state index in [1.807, 2.05) is 13.8 Å². The summed E-state index contributed by atoms with van der Waals surface area (Å²) in [5, 5.41) is 13.3. The first-order chi connectivity index (χ1) is 9.35. The Hall–Kier alpha value is -1.39. The predicted molar refractivity (Wildman–Crippen MR) is 81.4 cm³/mol. The van der Waals surface area contributed by atoms with E-state index in [1.54, 1.807) is 31.3 Å². The van der Waals surface area contributed by atoms with Gasteiger partial charge >= 0.3 is 0 Å². The van der Waals surface area contributed by atoms with Crippen LogP contribution >= 0.6 is 11.6 Å². The maximum Gasteiger partial charge on any atom is 0.244 e. The van der Waals surface area contributed by atoms with Crippen LogP contribution in [0.4, 0.5) is 0 Å². The second-order valence-corrected chi connectivity index (χ2v) is 5.52. The van der Waals surface area contributed by atoms with Crippen molar-refractivity contribution in [1.29, 1.82) is 0 Å². The highest BCUT2D eigenvalue weighted by molar-refractivity contribution is 6.29. The number of nitrogens with one attached hydrogen (secondary N) is 1. The van der Waals surface area contributed by atoms with Gasteiger partial charge in [0, 0.05) is 18.8 Å². The molecule has 0 bridgehead atoms. The zero-order valence-corrected chi connectivity index (χ0v) is 12.8. The smallest absolute Gasteiger partial charge is 0.244 e. The van der Waals surface area contributed by atoms with E-state index in [0.29, 0.717) is 5.15 Å². The first kappa shape index (κ1) is 16.7. The van der Waals surface area contributed by atoms with E-state index in [2.05, 4.69) is 10.3 Å². The number of nitrogens with zero attached hydrogens (tertiary/aromatic N) is 1. The molecule has 1 amide bonds.